The summed E-state index contributed by atoms with van der Waals surface area (Å²) in [5.74, 6) is -3.19. The van der Waals surface area contributed by atoms with Gasteiger partial charge >= 0.3 is 5.97 Å². The Kier molecular flexibility index (Phi) is 3.52. The lowest BCUT2D eigenvalue weighted by Gasteiger charge is -2.25. The van der Waals surface area contributed by atoms with Gasteiger partial charge in [0.2, 0.25) is 11.8 Å². The number of imide groups is 1. The van der Waals surface area contributed by atoms with Gasteiger partial charge in [0.15, 0.2) is 0 Å². The van der Waals surface area contributed by atoms with Crippen molar-refractivity contribution in [3.8, 4) is 5.75 Å². The fourth-order valence-electron chi connectivity index (χ4n) is 4.27. The Morgan fingerprint density at radius 1 is 1.12 bits per heavy atom. The van der Waals surface area contributed by atoms with Gasteiger partial charge in [-0.3, -0.25) is 25.0 Å². The molecule has 26 heavy (non-hydrogen) atoms. The number of hydrogen-bond donors (Lipinski definition) is 3. The van der Waals surface area contributed by atoms with E-state index in [-0.39, 0.29) is 0 Å². The highest BCUT2D eigenvalue weighted by Crippen LogP contribution is 2.48. The van der Waals surface area contributed by atoms with Crippen LogP contribution >= 0.6 is 0 Å². The van der Waals surface area contributed by atoms with Crippen molar-refractivity contribution in [2.24, 2.45) is 11.8 Å². The van der Waals surface area contributed by atoms with Crippen molar-refractivity contribution in [1.29, 1.82) is 0 Å². The van der Waals surface area contributed by atoms with Crippen LogP contribution < -0.4 is 15.4 Å². The van der Waals surface area contributed by atoms with Crippen LogP contribution in [-0.4, -0.2) is 35.5 Å². The fraction of sp³-hybridized carbons (Fsp3) is 0.316. The second-order valence-electron chi connectivity index (χ2n) is 6.89. The monoisotopic (exact) mass is 354 g/mol. The van der Waals surface area contributed by atoms with E-state index in [2.05, 4.69) is 10.6 Å². The summed E-state index contributed by atoms with van der Waals surface area (Å²) in [6.45, 7) is 1.46. The summed E-state index contributed by atoms with van der Waals surface area (Å²) < 4.78 is 5.40. The zero-order valence-corrected chi connectivity index (χ0v) is 14.3. The molecule has 2 fully saturated rings. The van der Waals surface area contributed by atoms with Gasteiger partial charge in [-0.1, -0.05) is 30.3 Å². The number of carbonyl (C=O) groups is 3. The van der Waals surface area contributed by atoms with Crippen molar-refractivity contribution in [3.63, 3.8) is 0 Å². The molecule has 0 aliphatic carbocycles. The van der Waals surface area contributed by atoms with Gasteiger partial charge < -0.3 is 9.84 Å². The first kappa shape index (κ1) is 16.5. The van der Waals surface area contributed by atoms with E-state index >= 15 is 0 Å². The van der Waals surface area contributed by atoms with E-state index in [1.807, 2.05) is 30.3 Å². The average Bonchev–Trinajstić information content (AvgIpc) is 3.11. The van der Waals surface area contributed by atoms with Crippen molar-refractivity contribution in [1.82, 2.24) is 10.6 Å². The van der Waals surface area contributed by atoms with Crippen LogP contribution in [0.1, 0.15) is 18.5 Å². The zero-order chi connectivity index (χ0) is 18.6. The second kappa shape index (κ2) is 5.54. The van der Waals surface area contributed by atoms with Crippen molar-refractivity contribution >= 4 is 28.6 Å². The lowest BCUT2D eigenvalue weighted by Crippen LogP contribution is -2.52. The Balaban J connectivity index is 1.91. The Hall–Kier alpha value is -2.93. The molecular formula is C19H18N2O5. The summed E-state index contributed by atoms with van der Waals surface area (Å²) in [4.78, 5) is 36.6. The van der Waals surface area contributed by atoms with Crippen LogP contribution in [0.15, 0.2) is 36.4 Å². The van der Waals surface area contributed by atoms with E-state index in [1.54, 1.807) is 13.2 Å². The van der Waals surface area contributed by atoms with Gasteiger partial charge in [-0.25, -0.2) is 0 Å². The maximum atomic E-state index is 12.4. The number of carboxylic acids is 1. The predicted octanol–water partition coefficient (Wildman–Crippen LogP) is 1.22. The SMILES string of the molecule is COc1ccc(C2NC(C)(C(=O)O)C3C(=O)NC(=O)C23)c2ccccc12. The summed E-state index contributed by atoms with van der Waals surface area (Å²) in [7, 11) is 1.58. The third-order valence-electron chi connectivity index (χ3n) is 5.54. The summed E-state index contributed by atoms with van der Waals surface area (Å²) >= 11 is 0. The molecule has 4 rings (SSSR count). The summed E-state index contributed by atoms with van der Waals surface area (Å²) in [5, 5.41) is 16.8. The van der Waals surface area contributed by atoms with Gasteiger partial charge in [-0.15, -0.1) is 0 Å². The van der Waals surface area contributed by atoms with Crippen molar-refractivity contribution in [3.05, 3.63) is 42.0 Å². The Labute approximate surface area is 149 Å². The molecule has 7 heteroatoms. The number of ether oxygens (including phenoxy) is 1. The smallest absolute Gasteiger partial charge is 0.324 e. The lowest BCUT2D eigenvalue weighted by atomic mass is 9.80. The molecule has 0 spiro atoms. The molecule has 2 aromatic carbocycles. The summed E-state index contributed by atoms with van der Waals surface area (Å²) in [6, 6.07) is 10.6. The van der Waals surface area contributed by atoms with E-state index in [0.29, 0.717) is 5.75 Å². The second-order valence-corrected chi connectivity index (χ2v) is 6.89. The average molecular weight is 354 g/mol. The minimum absolute atomic E-state index is 0.442. The molecule has 0 radical (unpaired) electrons. The van der Waals surface area contributed by atoms with E-state index < -0.39 is 41.2 Å². The van der Waals surface area contributed by atoms with Crippen LogP contribution in [-0.2, 0) is 14.4 Å². The number of methoxy groups -OCH3 is 1. The minimum Gasteiger partial charge on any atom is -0.496 e. The van der Waals surface area contributed by atoms with Crippen LogP contribution in [0.25, 0.3) is 10.8 Å². The quantitative estimate of drug-likeness (QED) is 0.716. The number of hydrogen-bond acceptors (Lipinski definition) is 5. The van der Waals surface area contributed by atoms with E-state index in [4.69, 9.17) is 4.74 Å². The van der Waals surface area contributed by atoms with Gasteiger partial charge in [-0.2, -0.15) is 0 Å². The molecule has 4 atom stereocenters. The molecule has 2 saturated heterocycles. The standard InChI is InChI=1S/C19H18N2O5/c1-19(18(24)25)14-13(16(22)20-17(14)23)15(21-19)11-7-8-12(26-2)10-6-4-3-5-9(10)11/h3-8,13-15,21H,1-2H3,(H,24,25)(H,20,22,23). The first-order valence-corrected chi connectivity index (χ1v) is 8.30. The van der Waals surface area contributed by atoms with Gasteiger partial charge in [-0.05, 0) is 23.9 Å². The predicted molar refractivity (Wildman–Crippen MR) is 92.5 cm³/mol. The highest BCUT2D eigenvalue weighted by atomic mass is 16.5. The van der Waals surface area contributed by atoms with Crippen molar-refractivity contribution < 1.29 is 24.2 Å². The largest absolute Gasteiger partial charge is 0.496 e. The number of carbonyl (C=O) groups excluding carboxylic acids is 2. The van der Waals surface area contributed by atoms with Crippen LogP contribution in [0.4, 0.5) is 0 Å². The van der Waals surface area contributed by atoms with Gasteiger partial charge in [0.1, 0.15) is 11.3 Å². The number of nitrogens with one attached hydrogen (secondary N) is 2. The molecule has 2 aliphatic rings. The van der Waals surface area contributed by atoms with Crippen molar-refractivity contribution in [2.75, 3.05) is 7.11 Å². The molecule has 134 valence electrons. The number of amides is 2. The molecule has 0 aromatic heterocycles. The number of rotatable bonds is 3. The first-order valence-electron chi connectivity index (χ1n) is 8.30. The maximum Gasteiger partial charge on any atom is 0.324 e. The molecule has 2 amide bonds. The summed E-state index contributed by atoms with van der Waals surface area (Å²) in [5.41, 5.74) is -0.752. The van der Waals surface area contributed by atoms with Crippen LogP contribution in [0.3, 0.4) is 0 Å². The van der Waals surface area contributed by atoms with E-state index in [9.17, 15) is 19.5 Å². The molecule has 3 N–H and O–H groups in total. The third kappa shape index (κ3) is 2.07. The molecule has 2 aromatic rings. The lowest BCUT2D eigenvalue weighted by molar-refractivity contribution is -0.148. The highest BCUT2D eigenvalue weighted by Gasteiger charge is 2.64. The van der Waals surface area contributed by atoms with Gasteiger partial charge in [0.25, 0.3) is 0 Å². The van der Waals surface area contributed by atoms with Gasteiger partial charge in [0, 0.05) is 11.4 Å². The Morgan fingerprint density at radius 2 is 1.81 bits per heavy atom. The number of carboxylic acid groups (broad SMARTS) is 1. The number of aliphatic carboxylic acids is 1. The van der Waals surface area contributed by atoms with Crippen molar-refractivity contribution in [2.45, 2.75) is 18.5 Å². The Bertz CT molecular complexity index is 956. The van der Waals surface area contributed by atoms with Gasteiger partial charge in [0.05, 0.1) is 18.9 Å². The highest BCUT2D eigenvalue weighted by molar-refractivity contribution is 6.09. The topological polar surface area (TPSA) is 105 Å². The molecular weight excluding hydrogens is 336 g/mol. The van der Waals surface area contributed by atoms with E-state index in [0.717, 1.165) is 16.3 Å². The van der Waals surface area contributed by atoms with E-state index in [1.165, 1.54) is 6.92 Å². The maximum absolute atomic E-state index is 12.4. The molecule has 2 aliphatic heterocycles. The van der Waals surface area contributed by atoms with Crippen LogP contribution in [0, 0.1) is 11.8 Å². The molecule has 4 unspecified atom stereocenters. The zero-order valence-electron chi connectivity index (χ0n) is 14.3. The Morgan fingerprint density at radius 3 is 2.46 bits per heavy atom. The molecule has 7 nitrogen and oxygen atoms in total. The molecule has 0 saturated carbocycles. The normalized spacial score (nSPS) is 30.3. The van der Waals surface area contributed by atoms with Crippen LogP contribution in [0.2, 0.25) is 0 Å². The summed E-state index contributed by atoms with van der Waals surface area (Å²) in [6.07, 6.45) is 0. The molecule has 0 bridgehead atoms. The van der Waals surface area contributed by atoms with Crippen LogP contribution in [0.5, 0.6) is 5.75 Å². The number of benzene rings is 2. The first-order chi connectivity index (χ1) is 12.4. The number of fused-ring (bicyclic) bond motifs is 2. The molecule has 2 heterocycles. The third-order valence-corrected chi connectivity index (χ3v) is 5.54. The minimum atomic E-state index is -1.52. The fourth-order valence-corrected chi connectivity index (χ4v) is 4.27.